The lowest BCUT2D eigenvalue weighted by molar-refractivity contribution is 0.107. The van der Waals surface area contributed by atoms with Gasteiger partial charge in [-0.15, -0.1) is 0 Å². The number of allylic oxidation sites excluding steroid dienone is 1. The fourth-order valence-corrected chi connectivity index (χ4v) is 3.91. The van der Waals surface area contributed by atoms with Gasteiger partial charge in [-0.1, -0.05) is 12.1 Å². The molecular formula is C16H14N4O2S. The summed E-state index contributed by atoms with van der Waals surface area (Å²) in [4.78, 5) is 34.4. The highest BCUT2D eigenvalue weighted by atomic mass is 32.2. The topological polar surface area (TPSA) is 67.6 Å². The van der Waals surface area contributed by atoms with Crippen LogP contribution in [0.3, 0.4) is 0 Å². The monoisotopic (exact) mass is 326 g/mol. The van der Waals surface area contributed by atoms with E-state index in [9.17, 15) is 9.59 Å². The first kappa shape index (κ1) is 14.2. The number of hydrogen-bond donors (Lipinski definition) is 0. The number of benzene rings is 1. The molecule has 6 nitrogen and oxygen atoms in total. The molecule has 0 N–H and O–H groups in total. The standard InChI is InChI=1S/C16H14N4O2S/c1-9-8-16(2,3)18-15-19(9)20-12(14(22)23-15)17-11-7-5-4-6-10(11)13(20)21/h4-8H,1-3H3. The Kier molecular flexibility index (Phi) is 2.81. The van der Waals surface area contributed by atoms with Crippen LogP contribution in [0, 0.1) is 0 Å². The van der Waals surface area contributed by atoms with Gasteiger partial charge in [0.05, 0.1) is 16.4 Å². The molecule has 0 bridgehead atoms. The number of fused-ring (bicyclic) bond motifs is 4. The van der Waals surface area contributed by atoms with E-state index in [1.807, 2.05) is 26.8 Å². The third-order valence-electron chi connectivity index (χ3n) is 3.78. The molecule has 2 aliphatic heterocycles. The zero-order valence-corrected chi connectivity index (χ0v) is 13.7. The molecule has 0 atom stereocenters. The minimum absolute atomic E-state index is 0.130. The Morgan fingerprint density at radius 1 is 1.17 bits per heavy atom. The van der Waals surface area contributed by atoms with Crippen molar-refractivity contribution in [3.05, 3.63) is 52.2 Å². The van der Waals surface area contributed by atoms with Crippen molar-refractivity contribution in [3.63, 3.8) is 0 Å². The summed E-state index contributed by atoms with van der Waals surface area (Å²) in [6.07, 6.45) is 1.97. The highest BCUT2D eigenvalue weighted by molar-refractivity contribution is 8.27. The molecule has 1 aromatic carbocycles. The summed E-state index contributed by atoms with van der Waals surface area (Å²) in [7, 11) is 0. The molecular weight excluding hydrogens is 312 g/mol. The quantitative estimate of drug-likeness (QED) is 0.743. The second-order valence-electron chi connectivity index (χ2n) is 6.10. The van der Waals surface area contributed by atoms with Crippen molar-refractivity contribution in [1.82, 2.24) is 9.66 Å². The van der Waals surface area contributed by atoms with Crippen molar-refractivity contribution in [3.8, 4) is 0 Å². The van der Waals surface area contributed by atoms with Gasteiger partial charge in [0, 0.05) is 5.70 Å². The first-order valence-electron chi connectivity index (χ1n) is 7.21. The molecule has 7 heteroatoms. The highest BCUT2D eigenvalue weighted by Gasteiger charge is 2.37. The van der Waals surface area contributed by atoms with E-state index in [4.69, 9.17) is 0 Å². The van der Waals surface area contributed by atoms with Crippen LogP contribution in [0.1, 0.15) is 31.4 Å². The largest absolute Gasteiger partial charge is 0.281 e. The Morgan fingerprint density at radius 2 is 1.91 bits per heavy atom. The van der Waals surface area contributed by atoms with Gasteiger partial charge in [-0.2, -0.15) is 4.68 Å². The van der Waals surface area contributed by atoms with Gasteiger partial charge in [0.25, 0.3) is 10.7 Å². The number of para-hydroxylation sites is 1. The van der Waals surface area contributed by atoms with Crippen LogP contribution in [0.25, 0.3) is 10.9 Å². The van der Waals surface area contributed by atoms with Crippen LogP contribution in [0.2, 0.25) is 0 Å². The zero-order valence-electron chi connectivity index (χ0n) is 12.9. The Hall–Kier alpha value is -2.41. The van der Waals surface area contributed by atoms with E-state index in [1.54, 1.807) is 29.3 Å². The average Bonchev–Trinajstić information content (AvgIpc) is 2.47. The summed E-state index contributed by atoms with van der Waals surface area (Å²) in [6, 6.07) is 7.04. The number of amidine groups is 1. The molecule has 3 heterocycles. The van der Waals surface area contributed by atoms with E-state index in [1.165, 1.54) is 4.68 Å². The Labute approximate surface area is 136 Å². The van der Waals surface area contributed by atoms with Crippen LogP contribution in [0.4, 0.5) is 0 Å². The van der Waals surface area contributed by atoms with Gasteiger partial charge in [0.15, 0.2) is 5.17 Å². The summed E-state index contributed by atoms with van der Waals surface area (Å²) in [6.45, 7) is 5.82. The van der Waals surface area contributed by atoms with Crippen molar-refractivity contribution in [2.45, 2.75) is 26.3 Å². The predicted octanol–water partition coefficient (Wildman–Crippen LogP) is 2.27. The Morgan fingerprint density at radius 3 is 2.70 bits per heavy atom. The smallest absolute Gasteiger partial charge is 0.277 e. The highest BCUT2D eigenvalue weighted by Crippen LogP contribution is 2.31. The lowest BCUT2D eigenvalue weighted by atomic mass is 10.0. The number of nitrogens with zero attached hydrogens (tertiary/aromatic N) is 4. The summed E-state index contributed by atoms with van der Waals surface area (Å²) < 4.78 is 1.33. The van der Waals surface area contributed by atoms with Crippen molar-refractivity contribution in [2.24, 2.45) is 4.99 Å². The van der Waals surface area contributed by atoms with Crippen LogP contribution in [0.5, 0.6) is 0 Å². The van der Waals surface area contributed by atoms with Gasteiger partial charge in [-0.25, -0.2) is 15.0 Å². The van der Waals surface area contributed by atoms with E-state index >= 15 is 0 Å². The van der Waals surface area contributed by atoms with Crippen LogP contribution in [-0.4, -0.2) is 25.5 Å². The number of aromatic nitrogens is 2. The van der Waals surface area contributed by atoms with Crippen molar-refractivity contribution in [1.29, 1.82) is 0 Å². The second kappa shape index (κ2) is 4.55. The molecule has 0 saturated heterocycles. The molecule has 2 aromatic rings. The van der Waals surface area contributed by atoms with Gasteiger partial charge in [-0.3, -0.25) is 9.59 Å². The van der Waals surface area contributed by atoms with Gasteiger partial charge in [-0.05, 0) is 50.7 Å². The first-order valence-corrected chi connectivity index (χ1v) is 8.03. The minimum Gasteiger partial charge on any atom is -0.277 e. The molecule has 0 spiro atoms. The van der Waals surface area contributed by atoms with E-state index in [-0.39, 0.29) is 16.5 Å². The number of thioether (sulfide) groups is 1. The third kappa shape index (κ3) is 2.03. The molecule has 0 radical (unpaired) electrons. The van der Waals surface area contributed by atoms with Crippen molar-refractivity contribution in [2.75, 3.05) is 5.01 Å². The van der Waals surface area contributed by atoms with Crippen LogP contribution >= 0.6 is 11.8 Å². The molecule has 23 heavy (non-hydrogen) atoms. The first-order chi connectivity index (χ1) is 10.9. The average molecular weight is 326 g/mol. The minimum atomic E-state index is -0.408. The second-order valence-corrected chi connectivity index (χ2v) is 7.04. The molecule has 4 rings (SSSR count). The molecule has 1 aromatic heterocycles. The van der Waals surface area contributed by atoms with E-state index in [0.29, 0.717) is 16.1 Å². The number of aliphatic imine (C=N–C) groups is 1. The van der Waals surface area contributed by atoms with E-state index in [0.717, 1.165) is 17.5 Å². The van der Waals surface area contributed by atoms with E-state index < -0.39 is 5.54 Å². The lowest BCUT2D eigenvalue weighted by Crippen LogP contribution is -2.52. The van der Waals surface area contributed by atoms with Gasteiger partial charge >= 0.3 is 0 Å². The van der Waals surface area contributed by atoms with Crippen molar-refractivity contribution >= 4 is 32.9 Å². The van der Waals surface area contributed by atoms with E-state index in [2.05, 4.69) is 9.98 Å². The fraction of sp³-hybridized carbons (Fsp3) is 0.250. The maximum atomic E-state index is 12.9. The summed E-state index contributed by atoms with van der Waals surface area (Å²) in [5, 5.41) is 2.39. The summed E-state index contributed by atoms with van der Waals surface area (Å²) in [5.74, 6) is 0.130. The van der Waals surface area contributed by atoms with Gasteiger partial charge < -0.3 is 0 Å². The maximum Gasteiger partial charge on any atom is 0.281 e. The zero-order chi connectivity index (χ0) is 16.4. The molecule has 0 aliphatic carbocycles. The van der Waals surface area contributed by atoms with Crippen LogP contribution < -0.4 is 10.6 Å². The maximum absolute atomic E-state index is 12.9. The molecule has 116 valence electrons. The predicted molar refractivity (Wildman–Crippen MR) is 91.4 cm³/mol. The molecule has 0 amide bonds. The Balaban J connectivity index is 2.07. The van der Waals surface area contributed by atoms with Crippen molar-refractivity contribution < 1.29 is 4.79 Å². The molecule has 2 aliphatic rings. The van der Waals surface area contributed by atoms with Crippen LogP contribution in [0.15, 0.2) is 45.8 Å². The SMILES string of the molecule is CC1=CC(C)(C)N=C2SC(=O)c3nc4ccccc4c(=O)n3N12. The lowest BCUT2D eigenvalue weighted by Gasteiger charge is -2.37. The van der Waals surface area contributed by atoms with Gasteiger partial charge in [0.2, 0.25) is 5.82 Å². The van der Waals surface area contributed by atoms with Gasteiger partial charge in [0.1, 0.15) is 0 Å². The number of carbonyl (C=O) groups excluding carboxylic acids is 1. The summed E-state index contributed by atoms with van der Waals surface area (Å²) in [5.41, 5.74) is 0.700. The third-order valence-corrected chi connectivity index (χ3v) is 4.60. The Bertz CT molecular complexity index is 987. The fourth-order valence-electron chi connectivity index (χ4n) is 2.93. The molecule has 0 fully saturated rings. The molecule has 0 saturated carbocycles. The normalized spacial score (nSPS) is 19.1. The van der Waals surface area contributed by atoms with Crippen LogP contribution in [-0.2, 0) is 0 Å². The number of carbonyl (C=O) groups is 1. The molecule has 0 unspecified atom stereocenters. The summed E-state index contributed by atoms with van der Waals surface area (Å²) >= 11 is 1.01. The number of hydrogen-bond acceptors (Lipinski definition) is 6. The number of rotatable bonds is 0.